The lowest BCUT2D eigenvalue weighted by molar-refractivity contribution is 0.297. The minimum atomic E-state index is 0.294. The van der Waals surface area contributed by atoms with Gasteiger partial charge in [0.15, 0.2) is 0 Å². The summed E-state index contributed by atoms with van der Waals surface area (Å²) in [5.41, 5.74) is 7.34. The van der Waals surface area contributed by atoms with Crippen LogP contribution in [0.2, 0.25) is 0 Å². The third-order valence-electron chi connectivity index (χ3n) is 2.55. The van der Waals surface area contributed by atoms with Crippen molar-refractivity contribution >= 4 is 15.9 Å². The van der Waals surface area contributed by atoms with Crippen molar-refractivity contribution in [3.8, 4) is 0 Å². The summed E-state index contributed by atoms with van der Waals surface area (Å²) in [4.78, 5) is 2.28. The molecule has 3 heteroatoms. The zero-order chi connectivity index (χ0) is 12.0. The van der Waals surface area contributed by atoms with Gasteiger partial charge in [0.05, 0.1) is 0 Å². The Hall–Kier alpha value is -0.380. The van der Waals surface area contributed by atoms with Crippen LogP contribution in [0.1, 0.15) is 25.3 Å². The summed E-state index contributed by atoms with van der Waals surface area (Å²) in [5.74, 6) is 0. The largest absolute Gasteiger partial charge is 0.327 e. The molecule has 1 aromatic rings. The number of halogens is 1. The molecule has 0 amide bonds. The smallest absolute Gasteiger partial charge is 0.0231 e. The number of hydrogen-bond donors (Lipinski definition) is 1. The number of nitrogens with two attached hydrogens (primary N) is 1. The Bertz CT molecular complexity index is 315. The van der Waals surface area contributed by atoms with Crippen molar-refractivity contribution in [2.24, 2.45) is 5.73 Å². The van der Waals surface area contributed by atoms with Gasteiger partial charge in [-0.05, 0) is 31.2 Å². The lowest BCUT2D eigenvalue weighted by Crippen LogP contribution is -2.34. The molecule has 0 aliphatic rings. The number of nitrogens with zero attached hydrogens (tertiary/aromatic N) is 1. The molecule has 90 valence electrons. The third kappa shape index (κ3) is 5.10. The van der Waals surface area contributed by atoms with E-state index in [9.17, 15) is 0 Å². The minimum Gasteiger partial charge on any atom is -0.327 e. The van der Waals surface area contributed by atoms with E-state index in [1.165, 1.54) is 5.56 Å². The Labute approximate surface area is 107 Å². The molecule has 1 rings (SSSR count). The molecule has 0 aliphatic heterocycles. The third-order valence-corrected chi connectivity index (χ3v) is 3.04. The Balaban J connectivity index is 2.42. The van der Waals surface area contributed by atoms with Crippen LogP contribution in [0.3, 0.4) is 0 Å². The van der Waals surface area contributed by atoms with E-state index in [0.29, 0.717) is 6.04 Å². The van der Waals surface area contributed by atoms with Crippen LogP contribution in [0.4, 0.5) is 0 Å². The Morgan fingerprint density at radius 1 is 1.44 bits per heavy atom. The summed E-state index contributed by atoms with van der Waals surface area (Å²) in [7, 11) is 2.12. The van der Waals surface area contributed by atoms with Crippen LogP contribution in [-0.2, 0) is 6.54 Å². The summed E-state index contributed by atoms with van der Waals surface area (Å²) in [6, 6.07) is 8.71. The van der Waals surface area contributed by atoms with Gasteiger partial charge >= 0.3 is 0 Å². The lowest BCUT2D eigenvalue weighted by atomic mass is 10.1. The Morgan fingerprint density at radius 3 is 2.81 bits per heavy atom. The fourth-order valence-corrected chi connectivity index (χ4v) is 2.32. The van der Waals surface area contributed by atoms with Crippen molar-refractivity contribution < 1.29 is 0 Å². The standard InChI is InChI=1S/C13H21BrN2/c1-3-5-13(15)10-16(2)9-11-6-4-7-12(14)8-11/h4,6-8,13H,3,5,9-10,15H2,1-2H3. The van der Waals surface area contributed by atoms with Crippen LogP contribution in [0.25, 0.3) is 0 Å². The van der Waals surface area contributed by atoms with E-state index in [2.05, 4.69) is 53.0 Å². The van der Waals surface area contributed by atoms with Gasteiger partial charge in [0.2, 0.25) is 0 Å². The summed E-state index contributed by atoms with van der Waals surface area (Å²) >= 11 is 3.48. The van der Waals surface area contributed by atoms with Gasteiger partial charge < -0.3 is 10.6 Å². The molecular formula is C13H21BrN2. The predicted molar refractivity (Wildman–Crippen MR) is 73.4 cm³/mol. The van der Waals surface area contributed by atoms with Gasteiger partial charge in [0.25, 0.3) is 0 Å². The van der Waals surface area contributed by atoms with Crippen molar-refractivity contribution in [1.82, 2.24) is 4.90 Å². The average molecular weight is 285 g/mol. The first-order chi connectivity index (χ1) is 7.61. The molecule has 1 aromatic carbocycles. The number of benzene rings is 1. The molecule has 0 saturated carbocycles. The molecule has 1 atom stereocenters. The Kier molecular flexibility index (Phi) is 6.03. The van der Waals surface area contributed by atoms with Gasteiger partial charge in [-0.15, -0.1) is 0 Å². The van der Waals surface area contributed by atoms with Gasteiger partial charge in [-0.2, -0.15) is 0 Å². The lowest BCUT2D eigenvalue weighted by Gasteiger charge is -2.21. The van der Waals surface area contributed by atoms with Gasteiger partial charge in [-0.1, -0.05) is 41.4 Å². The topological polar surface area (TPSA) is 29.3 Å². The second-order valence-electron chi connectivity index (χ2n) is 4.38. The van der Waals surface area contributed by atoms with Crippen LogP contribution in [0.15, 0.2) is 28.7 Å². The van der Waals surface area contributed by atoms with E-state index in [1.807, 2.05) is 6.07 Å². The molecular weight excluding hydrogens is 264 g/mol. The molecule has 0 bridgehead atoms. The first-order valence-corrected chi connectivity index (χ1v) is 6.59. The van der Waals surface area contributed by atoms with Crippen molar-refractivity contribution in [1.29, 1.82) is 0 Å². The molecule has 0 radical (unpaired) electrons. The normalized spacial score (nSPS) is 13.1. The minimum absolute atomic E-state index is 0.294. The maximum absolute atomic E-state index is 6.02. The zero-order valence-corrected chi connectivity index (χ0v) is 11.7. The predicted octanol–water partition coefficient (Wildman–Crippen LogP) is 3.01. The van der Waals surface area contributed by atoms with E-state index in [-0.39, 0.29) is 0 Å². The van der Waals surface area contributed by atoms with Crippen molar-refractivity contribution in [3.63, 3.8) is 0 Å². The molecule has 0 aliphatic carbocycles. The molecule has 0 fully saturated rings. The van der Waals surface area contributed by atoms with Crippen LogP contribution < -0.4 is 5.73 Å². The number of hydrogen-bond acceptors (Lipinski definition) is 2. The van der Waals surface area contributed by atoms with Gasteiger partial charge in [-0.3, -0.25) is 0 Å². The molecule has 0 aromatic heterocycles. The monoisotopic (exact) mass is 284 g/mol. The van der Waals surface area contributed by atoms with Crippen LogP contribution in [-0.4, -0.2) is 24.5 Å². The van der Waals surface area contributed by atoms with E-state index >= 15 is 0 Å². The first kappa shape index (κ1) is 13.7. The second-order valence-corrected chi connectivity index (χ2v) is 5.29. The molecule has 0 spiro atoms. The maximum Gasteiger partial charge on any atom is 0.0231 e. The SMILES string of the molecule is CCCC(N)CN(C)Cc1cccc(Br)c1. The van der Waals surface area contributed by atoms with Crippen molar-refractivity contribution in [2.75, 3.05) is 13.6 Å². The highest BCUT2D eigenvalue weighted by molar-refractivity contribution is 9.10. The zero-order valence-electron chi connectivity index (χ0n) is 10.1. The highest BCUT2D eigenvalue weighted by Gasteiger charge is 2.06. The van der Waals surface area contributed by atoms with E-state index in [4.69, 9.17) is 5.73 Å². The summed E-state index contributed by atoms with van der Waals surface area (Å²) in [6.45, 7) is 4.09. The van der Waals surface area contributed by atoms with Gasteiger partial charge in [0, 0.05) is 23.6 Å². The molecule has 2 nitrogen and oxygen atoms in total. The molecule has 16 heavy (non-hydrogen) atoms. The highest BCUT2D eigenvalue weighted by Crippen LogP contribution is 2.13. The molecule has 0 saturated heterocycles. The number of rotatable bonds is 6. The van der Waals surface area contributed by atoms with Crippen LogP contribution in [0.5, 0.6) is 0 Å². The molecule has 1 unspecified atom stereocenters. The van der Waals surface area contributed by atoms with Crippen molar-refractivity contribution in [2.45, 2.75) is 32.4 Å². The van der Waals surface area contributed by atoms with Crippen molar-refractivity contribution in [3.05, 3.63) is 34.3 Å². The summed E-state index contributed by atoms with van der Waals surface area (Å²) in [5, 5.41) is 0. The first-order valence-electron chi connectivity index (χ1n) is 5.80. The average Bonchev–Trinajstić information content (AvgIpc) is 2.17. The highest BCUT2D eigenvalue weighted by atomic mass is 79.9. The number of likely N-dealkylation sites (N-methyl/N-ethyl adjacent to an activating group) is 1. The quantitative estimate of drug-likeness (QED) is 0.870. The maximum atomic E-state index is 6.02. The van der Waals surface area contributed by atoms with Crippen LogP contribution >= 0.6 is 15.9 Å². The van der Waals surface area contributed by atoms with Gasteiger partial charge in [0.1, 0.15) is 0 Å². The van der Waals surface area contributed by atoms with E-state index in [1.54, 1.807) is 0 Å². The van der Waals surface area contributed by atoms with E-state index < -0.39 is 0 Å². The van der Waals surface area contributed by atoms with E-state index in [0.717, 1.165) is 30.4 Å². The van der Waals surface area contributed by atoms with Gasteiger partial charge in [-0.25, -0.2) is 0 Å². The molecule has 2 N–H and O–H groups in total. The Morgan fingerprint density at radius 2 is 2.19 bits per heavy atom. The summed E-state index contributed by atoms with van der Waals surface area (Å²) < 4.78 is 1.14. The van der Waals surface area contributed by atoms with Crippen LogP contribution in [0, 0.1) is 0 Å². The fraction of sp³-hybridized carbons (Fsp3) is 0.538. The summed E-state index contributed by atoms with van der Waals surface area (Å²) in [6.07, 6.45) is 2.26. The second kappa shape index (κ2) is 7.05. The molecule has 0 heterocycles. The fourth-order valence-electron chi connectivity index (χ4n) is 1.87.